The lowest BCUT2D eigenvalue weighted by molar-refractivity contribution is -0.137. The Morgan fingerprint density at radius 1 is 1.15 bits per heavy atom. The zero-order chi connectivity index (χ0) is 23.3. The molecule has 0 spiro atoms. The number of halogens is 3. The number of nitrogens with one attached hydrogen (secondary N) is 2. The Kier molecular flexibility index (Phi) is 5.29. The number of thiocarbonyl (C=S) groups is 1. The maximum atomic E-state index is 13.2. The van der Waals surface area contributed by atoms with Crippen LogP contribution in [0.5, 0.6) is 0 Å². The van der Waals surface area contributed by atoms with Crippen LogP contribution in [0.3, 0.4) is 0 Å². The van der Waals surface area contributed by atoms with Gasteiger partial charge in [0.05, 0.1) is 27.6 Å². The van der Waals surface area contributed by atoms with Gasteiger partial charge in [0.25, 0.3) is 0 Å². The quantitative estimate of drug-likeness (QED) is 0.517. The fourth-order valence-electron chi connectivity index (χ4n) is 4.19. The summed E-state index contributed by atoms with van der Waals surface area (Å²) in [5, 5.41) is 6.18. The Morgan fingerprint density at radius 3 is 2.76 bits per heavy atom. The molecule has 33 heavy (non-hydrogen) atoms. The number of likely N-dealkylation sites (N-methyl/N-ethyl adjacent to an activating group) is 1. The van der Waals surface area contributed by atoms with Gasteiger partial charge in [-0.2, -0.15) is 13.2 Å². The van der Waals surface area contributed by atoms with Crippen LogP contribution in [0.4, 0.5) is 30.5 Å². The first-order valence-electron chi connectivity index (χ1n) is 10.5. The molecule has 0 radical (unpaired) electrons. The summed E-state index contributed by atoms with van der Waals surface area (Å²) in [6.45, 7) is 3.73. The highest BCUT2D eigenvalue weighted by molar-refractivity contribution is 7.80. The number of rotatable bonds is 2. The second kappa shape index (κ2) is 8.03. The predicted octanol–water partition coefficient (Wildman–Crippen LogP) is 4.89. The average molecular weight is 471 g/mol. The lowest BCUT2D eigenvalue weighted by Crippen LogP contribution is -2.27. The van der Waals surface area contributed by atoms with Crippen molar-refractivity contribution in [1.82, 2.24) is 19.9 Å². The maximum Gasteiger partial charge on any atom is 0.416 e. The fraction of sp³-hybridized carbons (Fsp3) is 0.304. The van der Waals surface area contributed by atoms with E-state index < -0.39 is 11.7 Å². The van der Waals surface area contributed by atoms with E-state index in [0.29, 0.717) is 28.6 Å². The molecular weight excluding hydrogens is 449 g/mol. The Labute approximate surface area is 194 Å². The van der Waals surface area contributed by atoms with Gasteiger partial charge in [0.15, 0.2) is 0 Å². The maximum absolute atomic E-state index is 13.2. The third kappa shape index (κ3) is 4.28. The highest BCUT2D eigenvalue weighted by Gasteiger charge is 2.32. The third-order valence-electron chi connectivity index (χ3n) is 5.89. The van der Waals surface area contributed by atoms with Gasteiger partial charge in [-0.05, 0) is 37.7 Å². The molecule has 170 valence electrons. The zero-order valence-corrected chi connectivity index (χ0v) is 18.9. The second-order valence-electron chi connectivity index (χ2n) is 8.39. The highest BCUT2D eigenvalue weighted by Crippen LogP contribution is 2.38. The number of hydrogen-bond donors (Lipinski definition) is 2. The van der Waals surface area contributed by atoms with Crippen molar-refractivity contribution in [2.45, 2.75) is 32.5 Å². The molecule has 1 aromatic carbocycles. The molecule has 3 aromatic rings. The van der Waals surface area contributed by atoms with Gasteiger partial charge in [-0.3, -0.25) is 4.98 Å². The monoisotopic (exact) mass is 470 g/mol. The van der Waals surface area contributed by atoms with E-state index in [9.17, 15) is 13.2 Å². The molecule has 2 aromatic heterocycles. The number of aryl methyl sites for hydroxylation is 1. The second-order valence-corrected chi connectivity index (χ2v) is 8.88. The molecule has 0 unspecified atom stereocenters. The molecule has 4 heterocycles. The number of aromatic nitrogens is 3. The van der Waals surface area contributed by atoms with Crippen molar-refractivity contribution in [3.8, 4) is 11.3 Å². The van der Waals surface area contributed by atoms with E-state index in [2.05, 4.69) is 38.6 Å². The summed E-state index contributed by atoms with van der Waals surface area (Å²) in [4.78, 5) is 16.5. The van der Waals surface area contributed by atoms with Crippen LogP contribution in [0.25, 0.3) is 11.3 Å². The van der Waals surface area contributed by atoms with Crippen molar-refractivity contribution in [3.63, 3.8) is 0 Å². The first-order chi connectivity index (χ1) is 15.7. The summed E-state index contributed by atoms with van der Waals surface area (Å²) in [5.41, 5.74) is 5.30. The summed E-state index contributed by atoms with van der Waals surface area (Å²) >= 11 is 5.33. The Hall–Kier alpha value is -3.11. The van der Waals surface area contributed by atoms with Gasteiger partial charge >= 0.3 is 6.18 Å². The Morgan fingerprint density at radius 2 is 1.97 bits per heavy atom. The summed E-state index contributed by atoms with van der Waals surface area (Å²) in [6, 6.07) is 5.63. The van der Waals surface area contributed by atoms with Gasteiger partial charge < -0.3 is 15.5 Å². The molecular formula is C23H21F3N6S. The predicted molar refractivity (Wildman–Crippen MR) is 125 cm³/mol. The molecule has 2 N–H and O–H groups in total. The van der Waals surface area contributed by atoms with Crippen LogP contribution in [0, 0.1) is 6.92 Å². The van der Waals surface area contributed by atoms with Gasteiger partial charge in [0, 0.05) is 54.6 Å². The lowest BCUT2D eigenvalue weighted by Gasteiger charge is -2.25. The standard InChI is InChI=1S/C23H21F3N6S/c1-12-18(7-14-11-32(2)6-5-17(14)28-12)30-22-27-10-13-8-20(33)29-19-9-15(23(24,25)26)3-4-16(19)21(13)31-22/h3-4,7,9-10H,5-6,8,11H2,1-2H3,(H,29,33)(H,27,30,31). The first kappa shape index (κ1) is 21.7. The molecule has 2 aliphatic rings. The van der Waals surface area contributed by atoms with Crippen LogP contribution in [0.15, 0.2) is 30.5 Å². The van der Waals surface area contributed by atoms with Crippen LogP contribution >= 0.6 is 12.2 Å². The Balaban J connectivity index is 1.53. The third-order valence-corrected chi connectivity index (χ3v) is 6.14. The van der Waals surface area contributed by atoms with Crippen molar-refractivity contribution in [2.75, 3.05) is 24.2 Å². The summed E-state index contributed by atoms with van der Waals surface area (Å²) < 4.78 is 39.7. The van der Waals surface area contributed by atoms with Crippen LogP contribution in [0.2, 0.25) is 0 Å². The summed E-state index contributed by atoms with van der Waals surface area (Å²) in [6.07, 6.45) is -1.53. The van der Waals surface area contributed by atoms with E-state index in [-0.39, 0.29) is 5.69 Å². The van der Waals surface area contributed by atoms with Crippen molar-refractivity contribution < 1.29 is 13.2 Å². The Bertz CT molecular complexity index is 1270. The van der Waals surface area contributed by atoms with E-state index in [1.165, 1.54) is 6.07 Å². The average Bonchev–Trinajstić information content (AvgIpc) is 2.88. The van der Waals surface area contributed by atoms with Gasteiger partial charge in [-0.15, -0.1) is 0 Å². The van der Waals surface area contributed by atoms with Gasteiger partial charge in [0.2, 0.25) is 5.95 Å². The van der Waals surface area contributed by atoms with E-state index in [1.54, 1.807) is 6.20 Å². The SMILES string of the molecule is Cc1nc2c(cc1Nc1ncc3c(n1)-c1ccc(C(F)(F)F)cc1NC(=S)C3)CN(C)CC2. The van der Waals surface area contributed by atoms with Crippen LogP contribution in [-0.2, 0) is 25.6 Å². The number of alkyl halides is 3. The minimum atomic E-state index is -4.45. The first-order valence-corrected chi connectivity index (χ1v) is 10.9. The minimum absolute atomic E-state index is 0.285. The number of hydrogen-bond acceptors (Lipinski definition) is 6. The number of benzene rings is 1. The van der Waals surface area contributed by atoms with Crippen molar-refractivity contribution in [2.24, 2.45) is 0 Å². The molecule has 0 fully saturated rings. The smallest absolute Gasteiger partial charge is 0.349 e. The molecule has 0 bridgehead atoms. The van der Waals surface area contributed by atoms with Crippen LogP contribution in [-0.4, -0.2) is 38.4 Å². The molecule has 0 aliphatic carbocycles. The number of nitrogens with zero attached hydrogens (tertiary/aromatic N) is 4. The van der Waals surface area contributed by atoms with E-state index in [1.807, 2.05) is 6.92 Å². The molecule has 6 nitrogen and oxygen atoms in total. The lowest BCUT2D eigenvalue weighted by atomic mass is 10.0. The zero-order valence-electron chi connectivity index (χ0n) is 18.0. The van der Waals surface area contributed by atoms with Gasteiger partial charge in [-0.25, -0.2) is 9.97 Å². The van der Waals surface area contributed by atoms with Crippen LogP contribution in [0.1, 0.15) is 28.1 Å². The molecule has 0 atom stereocenters. The van der Waals surface area contributed by atoms with Crippen molar-refractivity contribution >= 4 is 34.5 Å². The molecule has 0 saturated heterocycles. The molecule has 5 rings (SSSR count). The summed E-state index contributed by atoms with van der Waals surface area (Å²) in [7, 11) is 2.07. The minimum Gasteiger partial charge on any atom is -0.349 e. The van der Waals surface area contributed by atoms with E-state index >= 15 is 0 Å². The van der Waals surface area contributed by atoms with Crippen LogP contribution < -0.4 is 10.6 Å². The molecule has 10 heteroatoms. The molecule has 0 amide bonds. The molecule has 2 aliphatic heterocycles. The number of fused-ring (bicyclic) bond motifs is 4. The largest absolute Gasteiger partial charge is 0.416 e. The molecule has 0 saturated carbocycles. The number of anilines is 3. The normalized spacial score (nSPS) is 15.7. The van der Waals surface area contributed by atoms with Gasteiger partial charge in [-0.1, -0.05) is 18.3 Å². The van der Waals surface area contributed by atoms with E-state index in [0.717, 1.165) is 59.8 Å². The van der Waals surface area contributed by atoms with Crippen molar-refractivity contribution in [3.05, 3.63) is 58.5 Å². The summed E-state index contributed by atoms with van der Waals surface area (Å²) in [5.74, 6) is 0.349. The van der Waals surface area contributed by atoms with Gasteiger partial charge in [0.1, 0.15) is 0 Å². The van der Waals surface area contributed by atoms with E-state index in [4.69, 9.17) is 17.2 Å². The number of pyridine rings is 1. The fourth-order valence-corrected chi connectivity index (χ4v) is 4.46. The highest BCUT2D eigenvalue weighted by atomic mass is 32.1. The topological polar surface area (TPSA) is 66.0 Å². The van der Waals surface area contributed by atoms with Crippen molar-refractivity contribution in [1.29, 1.82) is 0 Å².